The van der Waals surface area contributed by atoms with E-state index in [2.05, 4.69) is 15.0 Å². The summed E-state index contributed by atoms with van der Waals surface area (Å²) in [7, 11) is 4.85. The Kier molecular flexibility index (Phi) is 5.95. The van der Waals surface area contributed by atoms with Gasteiger partial charge in [0.1, 0.15) is 17.3 Å². The van der Waals surface area contributed by atoms with E-state index in [1.807, 2.05) is 54.6 Å². The number of aliphatic hydroxyl groups is 1. The lowest BCUT2D eigenvalue weighted by molar-refractivity contribution is 0.129. The van der Waals surface area contributed by atoms with Crippen molar-refractivity contribution in [2.75, 3.05) is 21.3 Å². The molecule has 1 heterocycles. The number of nitrogens with zero attached hydrogens (tertiary/aromatic N) is 3. The van der Waals surface area contributed by atoms with Gasteiger partial charge in [-0.25, -0.2) is 15.0 Å². The van der Waals surface area contributed by atoms with E-state index < -0.39 is 0 Å². The molecule has 7 nitrogen and oxygen atoms in total. The highest BCUT2D eigenvalue weighted by Gasteiger charge is 2.20. The van der Waals surface area contributed by atoms with Crippen LogP contribution >= 0.6 is 0 Å². The van der Waals surface area contributed by atoms with Gasteiger partial charge < -0.3 is 19.3 Å². The first kappa shape index (κ1) is 20.6. The molecule has 2 aromatic carbocycles. The summed E-state index contributed by atoms with van der Waals surface area (Å²) in [5.74, 6) is 3.07. The molecular weight excluding hydrogens is 394 g/mol. The van der Waals surface area contributed by atoms with E-state index in [0.29, 0.717) is 29.5 Å². The largest absolute Gasteiger partial charge is 0.511 e. The molecule has 1 aliphatic rings. The van der Waals surface area contributed by atoms with E-state index in [1.165, 1.54) is 0 Å². The zero-order chi connectivity index (χ0) is 21.8. The molecule has 0 aliphatic heterocycles. The van der Waals surface area contributed by atoms with Crippen LogP contribution in [0.3, 0.4) is 0 Å². The van der Waals surface area contributed by atoms with Crippen LogP contribution in [0, 0.1) is 0 Å². The Balaban J connectivity index is 1.83. The van der Waals surface area contributed by atoms with Gasteiger partial charge in [-0.1, -0.05) is 6.08 Å². The van der Waals surface area contributed by atoms with Crippen LogP contribution < -0.4 is 9.47 Å². The number of allylic oxidation sites excluding steroid dienone is 2. The second-order valence-corrected chi connectivity index (χ2v) is 6.96. The first-order chi connectivity index (χ1) is 15.1. The molecule has 0 saturated carbocycles. The Morgan fingerprint density at radius 2 is 1.23 bits per heavy atom. The normalized spacial score (nSPS) is 15.8. The molecule has 0 bridgehead atoms. The van der Waals surface area contributed by atoms with E-state index in [9.17, 15) is 5.11 Å². The van der Waals surface area contributed by atoms with Crippen molar-refractivity contribution in [3.63, 3.8) is 0 Å². The minimum Gasteiger partial charge on any atom is -0.511 e. The van der Waals surface area contributed by atoms with Crippen LogP contribution in [-0.2, 0) is 4.74 Å². The lowest BCUT2D eigenvalue weighted by atomic mass is 10.0. The van der Waals surface area contributed by atoms with Gasteiger partial charge in [-0.3, -0.25) is 0 Å². The van der Waals surface area contributed by atoms with E-state index in [1.54, 1.807) is 27.4 Å². The fourth-order valence-corrected chi connectivity index (χ4v) is 3.27. The average Bonchev–Trinajstić information content (AvgIpc) is 2.83. The summed E-state index contributed by atoms with van der Waals surface area (Å²) >= 11 is 0. The Morgan fingerprint density at radius 3 is 1.65 bits per heavy atom. The molecule has 31 heavy (non-hydrogen) atoms. The molecule has 0 fully saturated rings. The van der Waals surface area contributed by atoms with Gasteiger partial charge in [0, 0.05) is 24.7 Å². The van der Waals surface area contributed by atoms with Crippen LogP contribution in [0.25, 0.3) is 28.3 Å². The Bertz CT molecular complexity index is 1060. The van der Waals surface area contributed by atoms with Crippen molar-refractivity contribution < 1.29 is 19.3 Å². The van der Waals surface area contributed by atoms with Crippen LogP contribution in [0.15, 0.2) is 66.4 Å². The molecule has 0 saturated heterocycles. The Labute approximate surface area is 180 Å². The fourth-order valence-electron chi connectivity index (χ4n) is 3.27. The van der Waals surface area contributed by atoms with Gasteiger partial charge >= 0.3 is 0 Å². The van der Waals surface area contributed by atoms with E-state index in [0.717, 1.165) is 22.6 Å². The van der Waals surface area contributed by atoms with Crippen molar-refractivity contribution in [3.8, 4) is 34.3 Å². The number of benzene rings is 2. The average molecular weight is 417 g/mol. The zero-order valence-electron chi connectivity index (χ0n) is 17.6. The Morgan fingerprint density at radius 1 is 0.742 bits per heavy atom. The molecule has 4 rings (SSSR count). The third-order valence-corrected chi connectivity index (χ3v) is 5.06. The molecular formula is C24H23N3O4. The van der Waals surface area contributed by atoms with Gasteiger partial charge in [-0.2, -0.15) is 0 Å². The minimum absolute atomic E-state index is 0.173. The quantitative estimate of drug-likeness (QED) is 0.633. The third-order valence-electron chi connectivity index (χ3n) is 5.06. The maximum absolute atomic E-state index is 10.6. The number of rotatable bonds is 6. The summed E-state index contributed by atoms with van der Waals surface area (Å²) in [6, 6.07) is 15.0. The fraction of sp³-hybridized carbons (Fsp3) is 0.208. The summed E-state index contributed by atoms with van der Waals surface area (Å²) in [6.07, 6.45) is 3.87. The van der Waals surface area contributed by atoms with Crippen LogP contribution in [0.4, 0.5) is 0 Å². The van der Waals surface area contributed by atoms with Crippen molar-refractivity contribution >= 4 is 5.57 Å². The van der Waals surface area contributed by atoms with Gasteiger partial charge in [0.25, 0.3) is 0 Å². The lowest BCUT2D eigenvalue weighted by Gasteiger charge is -2.18. The molecule has 1 unspecified atom stereocenters. The van der Waals surface area contributed by atoms with E-state index in [-0.39, 0.29) is 11.9 Å². The molecule has 158 valence electrons. The van der Waals surface area contributed by atoms with E-state index in [4.69, 9.17) is 14.2 Å². The predicted octanol–water partition coefficient (Wildman–Crippen LogP) is 4.47. The van der Waals surface area contributed by atoms with Crippen molar-refractivity contribution in [2.45, 2.75) is 12.5 Å². The monoisotopic (exact) mass is 417 g/mol. The summed E-state index contributed by atoms with van der Waals surface area (Å²) < 4.78 is 15.8. The van der Waals surface area contributed by atoms with Gasteiger partial charge in [-0.05, 0) is 54.6 Å². The maximum Gasteiger partial charge on any atom is 0.167 e. The number of ether oxygens (including phenoxy) is 3. The smallest absolute Gasteiger partial charge is 0.167 e. The highest BCUT2D eigenvalue weighted by atomic mass is 16.5. The molecule has 3 aromatic rings. The molecule has 1 aliphatic carbocycles. The Hall–Kier alpha value is -3.71. The summed E-state index contributed by atoms with van der Waals surface area (Å²) in [5.41, 5.74) is 2.18. The number of hydrogen-bond acceptors (Lipinski definition) is 7. The van der Waals surface area contributed by atoms with E-state index >= 15 is 0 Å². The topological polar surface area (TPSA) is 86.6 Å². The van der Waals surface area contributed by atoms with Gasteiger partial charge in [0.05, 0.1) is 25.9 Å². The first-order valence-electron chi connectivity index (χ1n) is 9.79. The highest BCUT2D eigenvalue weighted by molar-refractivity contribution is 5.75. The van der Waals surface area contributed by atoms with Crippen LogP contribution in [0.2, 0.25) is 0 Å². The van der Waals surface area contributed by atoms with Crippen LogP contribution in [-0.4, -0.2) is 47.5 Å². The number of methoxy groups -OCH3 is 3. The van der Waals surface area contributed by atoms with Gasteiger partial charge in [0.2, 0.25) is 0 Å². The molecule has 1 aromatic heterocycles. The molecule has 0 radical (unpaired) electrons. The summed E-state index contributed by atoms with van der Waals surface area (Å²) in [6.45, 7) is 0. The predicted molar refractivity (Wildman–Crippen MR) is 118 cm³/mol. The first-order valence-corrected chi connectivity index (χ1v) is 9.79. The summed E-state index contributed by atoms with van der Waals surface area (Å²) in [4.78, 5) is 14.0. The van der Waals surface area contributed by atoms with Crippen molar-refractivity contribution in [2.24, 2.45) is 0 Å². The number of hydrogen-bond donors (Lipinski definition) is 1. The van der Waals surface area contributed by atoms with Crippen LogP contribution in [0.5, 0.6) is 11.5 Å². The van der Waals surface area contributed by atoms with Crippen molar-refractivity contribution in [1.82, 2.24) is 15.0 Å². The second-order valence-electron chi connectivity index (χ2n) is 6.96. The maximum atomic E-state index is 10.6. The SMILES string of the molecule is COc1ccc(-c2nc(C3=C(O)CC(OC)C=C3)nc(-c3ccc(OC)cc3)n2)cc1. The van der Waals surface area contributed by atoms with Crippen molar-refractivity contribution in [1.29, 1.82) is 0 Å². The van der Waals surface area contributed by atoms with Gasteiger partial charge in [0.15, 0.2) is 17.5 Å². The second kappa shape index (κ2) is 8.97. The van der Waals surface area contributed by atoms with Crippen LogP contribution in [0.1, 0.15) is 12.2 Å². The zero-order valence-corrected chi connectivity index (χ0v) is 17.6. The number of aromatic nitrogens is 3. The van der Waals surface area contributed by atoms with Gasteiger partial charge in [-0.15, -0.1) is 0 Å². The number of aliphatic hydroxyl groups excluding tert-OH is 1. The summed E-state index contributed by atoms with van der Waals surface area (Å²) in [5, 5.41) is 10.6. The van der Waals surface area contributed by atoms with Crippen molar-refractivity contribution in [3.05, 3.63) is 72.3 Å². The third kappa shape index (κ3) is 4.41. The molecule has 0 amide bonds. The molecule has 1 atom stereocenters. The highest BCUT2D eigenvalue weighted by Crippen LogP contribution is 2.29. The molecule has 0 spiro atoms. The lowest BCUT2D eigenvalue weighted by Crippen LogP contribution is -2.14. The minimum atomic E-state index is -0.173. The standard InChI is InChI=1S/C24H23N3O4/c1-29-17-8-4-15(5-9-17)22-25-23(16-6-10-18(30-2)11-7-16)27-24(26-22)20-13-12-19(31-3)14-21(20)28/h4-13,19,28H,14H2,1-3H3. The molecule has 1 N–H and O–H groups in total. The molecule has 7 heteroatoms.